The number of aromatic nitrogens is 1. The highest BCUT2D eigenvalue weighted by Gasteiger charge is 2.28. The van der Waals surface area contributed by atoms with E-state index in [0.29, 0.717) is 25.9 Å². The molecule has 0 saturated carbocycles. The van der Waals surface area contributed by atoms with Crippen molar-refractivity contribution in [3.63, 3.8) is 0 Å². The number of amides is 2. The van der Waals surface area contributed by atoms with E-state index in [1.54, 1.807) is 7.11 Å². The molecule has 1 aromatic heterocycles. The summed E-state index contributed by atoms with van der Waals surface area (Å²) in [7, 11) is 1.63. The van der Waals surface area contributed by atoms with Gasteiger partial charge in [-0.15, -0.1) is 0 Å². The summed E-state index contributed by atoms with van der Waals surface area (Å²) in [6.07, 6.45) is 4.82. The van der Waals surface area contributed by atoms with Gasteiger partial charge in [0, 0.05) is 43.2 Å². The van der Waals surface area contributed by atoms with Crippen LogP contribution in [0.4, 0.5) is 0 Å². The lowest BCUT2D eigenvalue weighted by Gasteiger charge is -2.32. The van der Waals surface area contributed by atoms with Gasteiger partial charge in [-0.3, -0.25) is 9.59 Å². The van der Waals surface area contributed by atoms with Crippen molar-refractivity contribution in [3.8, 4) is 5.75 Å². The van der Waals surface area contributed by atoms with E-state index >= 15 is 0 Å². The van der Waals surface area contributed by atoms with Gasteiger partial charge in [0.15, 0.2) is 0 Å². The zero-order valence-electron chi connectivity index (χ0n) is 17.9. The summed E-state index contributed by atoms with van der Waals surface area (Å²) in [6.45, 7) is 1.68. The maximum absolute atomic E-state index is 12.8. The maximum Gasteiger partial charge on any atom is 0.225 e. The summed E-state index contributed by atoms with van der Waals surface area (Å²) >= 11 is 0. The number of hydrogen-bond acceptors (Lipinski definition) is 3. The second-order valence-corrected chi connectivity index (χ2v) is 8.11. The Kier molecular flexibility index (Phi) is 6.55. The van der Waals surface area contributed by atoms with Crippen LogP contribution in [0.15, 0.2) is 54.7 Å². The van der Waals surface area contributed by atoms with E-state index in [0.717, 1.165) is 41.8 Å². The van der Waals surface area contributed by atoms with Gasteiger partial charge in [-0.25, -0.2) is 0 Å². The van der Waals surface area contributed by atoms with E-state index < -0.39 is 0 Å². The molecule has 6 heteroatoms. The molecule has 1 aliphatic rings. The van der Waals surface area contributed by atoms with Crippen LogP contribution < -0.4 is 10.1 Å². The lowest BCUT2D eigenvalue weighted by atomic mass is 9.96. The van der Waals surface area contributed by atoms with Crippen LogP contribution in [-0.4, -0.2) is 41.9 Å². The second kappa shape index (κ2) is 9.69. The Morgan fingerprint density at radius 1 is 1.19 bits per heavy atom. The summed E-state index contributed by atoms with van der Waals surface area (Å²) in [5.74, 6) is 0.750. The number of piperidine rings is 1. The average Bonchev–Trinajstić information content (AvgIpc) is 3.24. The molecule has 2 aromatic carbocycles. The number of rotatable bonds is 7. The van der Waals surface area contributed by atoms with Crippen molar-refractivity contribution in [2.45, 2.75) is 32.2 Å². The molecule has 2 heterocycles. The fourth-order valence-corrected chi connectivity index (χ4v) is 4.27. The van der Waals surface area contributed by atoms with Gasteiger partial charge < -0.3 is 19.9 Å². The monoisotopic (exact) mass is 419 g/mol. The van der Waals surface area contributed by atoms with Crippen LogP contribution in [0.1, 0.15) is 30.4 Å². The quantitative estimate of drug-likeness (QED) is 0.614. The molecule has 2 amide bonds. The van der Waals surface area contributed by atoms with Gasteiger partial charge in [0.2, 0.25) is 11.8 Å². The minimum atomic E-state index is -0.156. The second-order valence-electron chi connectivity index (χ2n) is 8.11. The van der Waals surface area contributed by atoms with Crippen LogP contribution in [0.5, 0.6) is 5.75 Å². The summed E-state index contributed by atoms with van der Waals surface area (Å²) < 4.78 is 5.23. The Morgan fingerprint density at radius 2 is 2.06 bits per heavy atom. The Labute approximate surface area is 182 Å². The molecule has 1 aliphatic heterocycles. The van der Waals surface area contributed by atoms with Gasteiger partial charge in [-0.1, -0.05) is 30.3 Å². The van der Waals surface area contributed by atoms with Gasteiger partial charge in [-0.2, -0.15) is 0 Å². The van der Waals surface area contributed by atoms with E-state index in [2.05, 4.69) is 16.4 Å². The molecule has 0 bridgehead atoms. The minimum Gasteiger partial charge on any atom is -0.497 e. The SMILES string of the molecule is COc1cccc(CNC(=O)[C@H]2CCCN(C(=O)CCc3c[nH]c4ccccc34)C2)c1. The molecule has 4 rings (SSSR count). The molecule has 0 aliphatic carbocycles. The molecule has 0 unspecified atom stereocenters. The number of methoxy groups -OCH3 is 1. The average molecular weight is 420 g/mol. The first-order chi connectivity index (χ1) is 15.1. The van der Waals surface area contributed by atoms with E-state index in [-0.39, 0.29) is 17.7 Å². The van der Waals surface area contributed by atoms with Gasteiger partial charge >= 0.3 is 0 Å². The zero-order chi connectivity index (χ0) is 21.6. The third-order valence-corrected chi connectivity index (χ3v) is 6.03. The van der Waals surface area contributed by atoms with Crippen LogP contribution in [0, 0.1) is 5.92 Å². The van der Waals surface area contributed by atoms with E-state index in [1.807, 2.05) is 53.6 Å². The van der Waals surface area contributed by atoms with Gasteiger partial charge in [0.05, 0.1) is 13.0 Å². The fourth-order valence-electron chi connectivity index (χ4n) is 4.27. The summed E-state index contributed by atoms with van der Waals surface area (Å²) in [5.41, 5.74) is 3.25. The highest BCUT2D eigenvalue weighted by atomic mass is 16.5. The topological polar surface area (TPSA) is 74.4 Å². The van der Waals surface area contributed by atoms with Gasteiger partial charge in [0.1, 0.15) is 5.75 Å². The van der Waals surface area contributed by atoms with Crippen molar-refractivity contribution in [1.82, 2.24) is 15.2 Å². The smallest absolute Gasteiger partial charge is 0.225 e. The largest absolute Gasteiger partial charge is 0.497 e. The third kappa shape index (κ3) is 5.08. The van der Waals surface area contributed by atoms with E-state index in [4.69, 9.17) is 4.74 Å². The lowest BCUT2D eigenvalue weighted by molar-refractivity contribution is -0.135. The Morgan fingerprint density at radius 3 is 2.94 bits per heavy atom. The van der Waals surface area contributed by atoms with Crippen molar-refractivity contribution in [3.05, 3.63) is 65.9 Å². The predicted molar refractivity (Wildman–Crippen MR) is 121 cm³/mol. The van der Waals surface area contributed by atoms with Crippen molar-refractivity contribution in [2.24, 2.45) is 5.92 Å². The highest BCUT2D eigenvalue weighted by molar-refractivity contribution is 5.84. The maximum atomic E-state index is 12.8. The molecular weight excluding hydrogens is 390 g/mol. The number of benzene rings is 2. The molecule has 2 N–H and O–H groups in total. The Bertz CT molecular complexity index is 1060. The number of nitrogens with one attached hydrogen (secondary N) is 2. The summed E-state index contributed by atoms with van der Waals surface area (Å²) in [4.78, 5) is 30.6. The fraction of sp³-hybridized carbons (Fsp3) is 0.360. The summed E-state index contributed by atoms with van der Waals surface area (Å²) in [6, 6.07) is 15.8. The third-order valence-electron chi connectivity index (χ3n) is 6.03. The normalized spacial score (nSPS) is 16.3. The Hall–Kier alpha value is -3.28. The molecule has 162 valence electrons. The molecule has 3 aromatic rings. The first kappa shape index (κ1) is 21.0. The van der Waals surface area contributed by atoms with Gasteiger partial charge in [0.25, 0.3) is 0 Å². The first-order valence-electron chi connectivity index (χ1n) is 10.9. The van der Waals surface area contributed by atoms with E-state index in [1.165, 1.54) is 5.39 Å². The van der Waals surface area contributed by atoms with E-state index in [9.17, 15) is 9.59 Å². The molecule has 6 nitrogen and oxygen atoms in total. The number of likely N-dealkylation sites (tertiary alicyclic amines) is 1. The van der Waals surface area contributed by atoms with Crippen molar-refractivity contribution in [1.29, 1.82) is 0 Å². The number of carbonyl (C=O) groups is 2. The molecule has 0 radical (unpaired) electrons. The highest BCUT2D eigenvalue weighted by Crippen LogP contribution is 2.21. The number of fused-ring (bicyclic) bond motifs is 1. The minimum absolute atomic E-state index is 0.0111. The number of hydrogen-bond donors (Lipinski definition) is 2. The number of para-hydroxylation sites is 1. The standard InChI is InChI=1S/C25H29N3O3/c1-31-21-8-4-6-18(14-21)15-27-25(30)20-7-5-13-28(17-20)24(29)12-11-19-16-26-23-10-3-2-9-22(19)23/h2-4,6,8-10,14,16,20,26H,5,7,11-13,15,17H2,1H3,(H,27,30)/t20-/m0/s1. The molecule has 1 atom stereocenters. The number of nitrogens with zero attached hydrogens (tertiary/aromatic N) is 1. The van der Waals surface area contributed by atoms with Crippen molar-refractivity contribution < 1.29 is 14.3 Å². The number of aromatic amines is 1. The van der Waals surface area contributed by atoms with Crippen LogP contribution in [0.25, 0.3) is 10.9 Å². The lowest BCUT2D eigenvalue weighted by Crippen LogP contribution is -2.45. The van der Waals surface area contributed by atoms with Gasteiger partial charge in [-0.05, 0) is 48.6 Å². The molecule has 1 fully saturated rings. The van der Waals surface area contributed by atoms with Crippen LogP contribution in [-0.2, 0) is 22.6 Å². The number of aryl methyl sites for hydroxylation is 1. The van der Waals surface area contributed by atoms with Crippen molar-refractivity contribution in [2.75, 3.05) is 20.2 Å². The summed E-state index contributed by atoms with van der Waals surface area (Å²) in [5, 5.41) is 4.19. The van der Waals surface area contributed by atoms with Crippen LogP contribution in [0.2, 0.25) is 0 Å². The molecular formula is C25H29N3O3. The number of carbonyl (C=O) groups excluding carboxylic acids is 2. The first-order valence-corrected chi connectivity index (χ1v) is 10.9. The van der Waals surface area contributed by atoms with Crippen molar-refractivity contribution >= 4 is 22.7 Å². The molecule has 31 heavy (non-hydrogen) atoms. The van der Waals surface area contributed by atoms with Crippen LogP contribution in [0.3, 0.4) is 0 Å². The molecule has 0 spiro atoms. The predicted octanol–water partition coefficient (Wildman–Crippen LogP) is 3.66. The molecule has 1 saturated heterocycles. The number of ether oxygens (including phenoxy) is 1. The van der Waals surface area contributed by atoms with Crippen LogP contribution >= 0.6 is 0 Å². The zero-order valence-corrected chi connectivity index (χ0v) is 17.9. The number of H-pyrrole nitrogens is 1. The Balaban J connectivity index is 1.29.